The minimum Gasteiger partial charge on any atom is -0.394 e. The summed E-state index contributed by atoms with van der Waals surface area (Å²) < 4.78 is 0. The molecule has 5 heteroatoms. The molecule has 0 spiro atoms. The Kier molecular flexibility index (Phi) is 3.52. The molecule has 17 heavy (non-hydrogen) atoms. The lowest BCUT2D eigenvalue weighted by molar-refractivity contribution is 0.276. The van der Waals surface area contributed by atoms with Gasteiger partial charge in [0.25, 0.3) is 0 Å². The second-order valence-corrected chi connectivity index (χ2v) is 3.59. The first-order chi connectivity index (χ1) is 8.29. The topological polar surface area (TPSA) is 84.1 Å². The number of nitrogens with zero attached hydrogens (tertiary/aromatic N) is 2. The number of nitrogens with two attached hydrogens (primary N) is 1. The zero-order valence-electron chi connectivity index (χ0n) is 9.24. The molecule has 1 unspecified atom stereocenters. The number of hydrogen-bond acceptors (Lipinski definition) is 5. The third-order valence-corrected chi connectivity index (χ3v) is 2.38. The summed E-state index contributed by atoms with van der Waals surface area (Å²) in [7, 11) is 0. The Bertz CT molecular complexity index is 475. The number of aliphatic hydroxyl groups is 1. The second-order valence-electron chi connectivity index (χ2n) is 3.59. The highest BCUT2D eigenvalue weighted by Gasteiger charge is 2.10. The van der Waals surface area contributed by atoms with Crippen LogP contribution in [0.4, 0.5) is 11.8 Å². The number of benzene rings is 1. The molecule has 0 aliphatic heterocycles. The summed E-state index contributed by atoms with van der Waals surface area (Å²) >= 11 is 0. The first-order valence-electron chi connectivity index (χ1n) is 5.30. The predicted octanol–water partition coefficient (Wildman–Crippen LogP) is 1.20. The van der Waals surface area contributed by atoms with Crippen molar-refractivity contribution in [2.75, 3.05) is 17.7 Å². The van der Waals surface area contributed by atoms with Crippen LogP contribution in [0, 0.1) is 0 Å². The lowest BCUT2D eigenvalue weighted by Crippen LogP contribution is -2.16. The predicted molar refractivity (Wildman–Crippen MR) is 66.3 cm³/mol. The third-order valence-electron chi connectivity index (χ3n) is 2.38. The molecule has 0 saturated heterocycles. The lowest BCUT2D eigenvalue weighted by atomic mass is 10.1. The normalized spacial score (nSPS) is 12.1. The number of aromatic nitrogens is 2. The van der Waals surface area contributed by atoms with Crippen LogP contribution in [0.3, 0.4) is 0 Å². The quantitative estimate of drug-likeness (QED) is 0.735. The Morgan fingerprint density at radius 2 is 2.00 bits per heavy atom. The first kappa shape index (κ1) is 11.3. The van der Waals surface area contributed by atoms with Gasteiger partial charge in [0.05, 0.1) is 12.6 Å². The molecule has 0 aliphatic carbocycles. The summed E-state index contributed by atoms with van der Waals surface area (Å²) in [6.07, 6.45) is 1.57. The highest BCUT2D eigenvalue weighted by Crippen LogP contribution is 2.17. The molecule has 88 valence electrons. The Labute approximate surface area is 99.3 Å². The van der Waals surface area contributed by atoms with Crippen molar-refractivity contribution in [2.45, 2.75) is 6.04 Å². The SMILES string of the molecule is Nc1nccc(NC(CO)c2ccccc2)n1. The number of hydrogen-bond donors (Lipinski definition) is 3. The fraction of sp³-hybridized carbons (Fsp3) is 0.167. The monoisotopic (exact) mass is 230 g/mol. The summed E-state index contributed by atoms with van der Waals surface area (Å²) in [5.41, 5.74) is 6.48. The van der Waals surface area contributed by atoms with Crippen LogP contribution in [0.1, 0.15) is 11.6 Å². The molecule has 0 amide bonds. The van der Waals surface area contributed by atoms with E-state index in [1.54, 1.807) is 12.3 Å². The molecule has 0 radical (unpaired) electrons. The van der Waals surface area contributed by atoms with E-state index in [1.807, 2.05) is 30.3 Å². The van der Waals surface area contributed by atoms with E-state index in [0.29, 0.717) is 5.82 Å². The second kappa shape index (κ2) is 5.27. The van der Waals surface area contributed by atoms with E-state index in [9.17, 15) is 5.11 Å². The zero-order valence-corrected chi connectivity index (χ0v) is 9.24. The third kappa shape index (κ3) is 2.92. The van der Waals surface area contributed by atoms with Crippen LogP contribution in [0.2, 0.25) is 0 Å². The summed E-state index contributed by atoms with van der Waals surface area (Å²) in [6.45, 7) is -0.0199. The van der Waals surface area contributed by atoms with Crippen molar-refractivity contribution in [2.24, 2.45) is 0 Å². The number of rotatable bonds is 4. The summed E-state index contributed by atoms with van der Waals surface area (Å²) in [6, 6.07) is 11.2. The minimum atomic E-state index is -0.203. The molecular weight excluding hydrogens is 216 g/mol. The molecule has 5 nitrogen and oxygen atoms in total. The summed E-state index contributed by atoms with van der Waals surface area (Å²) in [5, 5.41) is 12.5. The molecule has 0 bridgehead atoms. The van der Waals surface area contributed by atoms with Gasteiger partial charge in [-0.05, 0) is 11.6 Å². The molecule has 0 aliphatic rings. The fourth-order valence-electron chi connectivity index (χ4n) is 1.55. The van der Waals surface area contributed by atoms with Crippen molar-refractivity contribution < 1.29 is 5.11 Å². The van der Waals surface area contributed by atoms with E-state index >= 15 is 0 Å². The Balaban J connectivity index is 2.16. The Morgan fingerprint density at radius 3 is 2.65 bits per heavy atom. The van der Waals surface area contributed by atoms with Gasteiger partial charge in [0.2, 0.25) is 5.95 Å². The largest absolute Gasteiger partial charge is 0.394 e. The molecule has 1 heterocycles. The standard InChI is InChI=1S/C12H14N4O/c13-12-14-7-6-11(16-12)15-10(8-17)9-4-2-1-3-5-9/h1-7,10,17H,8H2,(H3,13,14,15,16). The summed E-state index contributed by atoms with van der Waals surface area (Å²) in [4.78, 5) is 7.84. The van der Waals surface area contributed by atoms with Crippen LogP contribution in [-0.4, -0.2) is 21.7 Å². The number of anilines is 2. The fourth-order valence-corrected chi connectivity index (χ4v) is 1.55. The van der Waals surface area contributed by atoms with E-state index in [4.69, 9.17) is 5.73 Å². The molecular formula is C12H14N4O. The van der Waals surface area contributed by atoms with Gasteiger partial charge in [-0.1, -0.05) is 30.3 Å². The Morgan fingerprint density at radius 1 is 1.24 bits per heavy atom. The van der Waals surface area contributed by atoms with Crippen LogP contribution in [0.5, 0.6) is 0 Å². The van der Waals surface area contributed by atoms with Gasteiger partial charge in [-0.25, -0.2) is 4.98 Å². The highest BCUT2D eigenvalue weighted by atomic mass is 16.3. The Hall–Kier alpha value is -2.14. The van der Waals surface area contributed by atoms with E-state index in [0.717, 1.165) is 5.56 Å². The van der Waals surface area contributed by atoms with Gasteiger partial charge in [-0.3, -0.25) is 0 Å². The van der Waals surface area contributed by atoms with Gasteiger partial charge in [0.15, 0.2) is 0 Å². The smallest absolute Gasteiger partial charge is 0.221 e. The van der Waals surface area contributed by atoms with E-state index < -0.39 is 0 Å². The van der Waals surface area contributed by atoms with Crippen molar-refractivity contribution in [3.8, 4) is 0 Å². The van der Waals surface area contributed by atoms with Gasteiger partial charge in [-0.2, -0.15) is 4.98 Å². The average molecular weight is 230 g/mol. The van der Waals surface area contributed by atoms with Gasteiger partial charge in [-0.15, -0.1) is 0 Å². The van der Waals surface area contributed by atoms with Crippen molar-refractivity contribution in [1.29, 1.82) is 0 Å². The van der Waals surface area contributed by atoms with E-state index in [1.165, 1.54) is 0 Å². The van der Waals surface area contributed by atoms with Crippen molar-refractivity contribution >= 4 is 11.8 Å². The van der Waals surface area contributed by atoms with Crippen LogP contribution in [0.15, 0.2) is 42.6 Å². The molecule has 1 aromatic heterocycles. The molecule has 1 aromatic carbocycles. The van der Waals surface area contributed by atoms with Crippen LogP contribution < -0.4 is 11.1 Å². The number of aliphatic hydroxyl groups excluding tert-OH is 1. The van der Waals surface area contributed by atoms with Crippen molar-refractivity contribution in [3.63, 3.8) is 0 Å². The van der Waals surface area contributed by atoms with Gasteiger partial charge in [0.1, 0.15) is 5.82 Å². The van der Waals surface area contributed by atoms with Crippen molar-refractivity contribution in [1.82, 2.24) is 9.97 Å². The lowest BCUT2D eigenvalue weighted by Gasteiger charge is -2.17. The maximum Gasteiger partial charge on any atom is 0.221 e. The first-order valence-corrected chi connectivity index (χ1v) is 5.30. The minimum absolute atomic E-state index is 0.0199. The van der Waals surface area contributed by atoms with Crippen LogP contribution in [-0.2, 0) is 0 Å². The molecule has 1 atom stereocenters. The summed E-state index contributed by atoms with van der Waals surface area (Å²) in [5.74, 6) is 0.806. The zero-order chi connectivity index (χ0) is 12.1. The molecule has 0 fully saturated rings. The number of nitrogen functional groups attached to an aromatic ring is 1. The highest BCUT2D eigenvalue weighted by molar-refractivity contribution is 5.40. The molecule has 2 rings (SSSR count). The van der Waals surface area contributed by atoms with E-state index in [-0.39, 0.29) is 18.6 Å². The van der Waals surface area contributed by atoms with Gasteiger partial charge in [0, 0.05) is 6.20 Å². The maximum atomic E-state index is 9.37. The average Bonchev–Trinajstić information content (AvgIpc) is 2.37. The van der Waals surface area contributed by atoms with Crippen LogP contribution >= 0.6 is 0 Å². The van der Waals surface area contributed by atoms with Gasteiger partial charge >= 0.3 is 0 Å². The molecule has 2 aromatic rings. The molecule has 4 N–H and O–H groups in total. The van der Waals surface area contributed by atoms with Crippen LogP contribution in [0.25, 0.3) is 0 Å². The maximum absolute atomic E-state index is 9.37. The number of nitrogens with one attached hydrogen (secondary N) is 1. The van der Waals surface area contributed by atoms with Gasteiger partial charge < -0.3 is 16.2 Å². The van der Waals surface area contributed by atoms with E-state index in [2.05, 4.69) is 15.3 Å². The molecule has 0 saturated carbocycles. The van der Waals surface area contributed by atoms with Crippen molar-refractivity contribution in [3.05, 3.63) is 48.2 Å².